The van der Waals surface area contributed by atoms with Crippen LogP contribution < -0.4 is 5.32 Å². The van der Waals surface area contributed by atoms with Crippen LogP contribution in [0.1, 0.15) is 39.0 Å². The Morgan fingerprint density at radius 1 is 1.43 bits per heavy atom. The molecule has 1 fully saturated rings. The molecule has 2 N–H and O–H groups in total. The third-order valence-corrected chi connectivity index (χ3v) is 3.26. The quantitative estimate of drug-likeness (QED) is 0.775. The highest BCUT2D eigenvalue weighted by atomic mass is 15.1. The van der Waals surface area contributed by atoms with Crippen molar-refractivity contribution in [3.8, 4) is 0 Å². The fourth-order valence-corrected chi connectivity index (χ4v) is 2.25. The van der Waals surface area contributed by atoms with E-state index in [1.54, 1.807) is 6.20 Å². The number of hydrogen-bond acceptors (Lipinski definition) is 2. The van der Waals surface area contributed by atoms with Gasteiger partial charge >= 0.3 is 0 Å². The van der Waals surface area contributed by atoms with Gasteiger partial charge in [-0.05, 0) is 31.6 Å². The van der Waals surface area contributed by atoms with E-state index in [1.165, 1.54) is 32.1 Å². The summed E-state index contributed by atoms with van der Waals surface area (Å²) < 4.78 is 0. The van der Waals surface area contributed by atoms with Gasteiger partial charge in [0.05, 0.1) is 0 Å². The number of H-pyrrole nitrogens is 1. The minimum Gasteiger partial charge on any atom is -0.353 e. The summed E-state index contributed by atoms with van der Waals surface area (Å²) in [6.45, 7) is 2.30. The lowest BCUT2D eigenvalue weighted by molar-refractivity contribution is 0.329. The lowest BCUT2D eigenvalue weighted by Gasteiger charge is -2.28. The van der Waals surface area contributed by atoms with E-state index in [2.05, 4.69) is 22.2 Å². The molecule has 1 heterocycles. The molecule has 0 aliphatic heterocycles. The second-order valence-corrected chi connectivity index (χ2v) is 4.21. The molecule has 0 saturated heterocycles. The van der Waals surface area contributed by atoms with Crippen molar-refractivity contribution in [1.29, 1.82) is 0 Å². The van der Waals surface area contributed by atoms with Gasteiger partial charge in [0.1, 0.15) is 0 Å². The Kier molecular flexibility index (Phi) is 3.07. The topological polar surface area (TPSA) is 40.7 Å². The lowest BCUT2D eigenvalue weighted by atomic mass is 9.85. The highest BCUT2D eigenvalue weighted by Gasteiger charge is 2.19. The molecule has 0 radical (unpaired) electrons. The third-order valence-electron chi connectivity index (χ3n) is 3.26. The number of hydrogen-bond donors (Lipinski definition) is 2. The average Bonchev–Trinajstić information content (AvgIpc) is 2.72. The standard InChI is InChI=1S/C11H19N3/c1-2-9-3-5-10(6-4-9)14-11-12-7-8-13-11/h7-10H,2-6H2,1H3,(H2,12,13,14). The van der Waals surface area contributed by atoms with Crippen molar-refractivity contribution in [2.45, 2.75) is 45.1 Å². The molecule has 1 aromatic rings. The SMILES string of the molecule is CCC1CCC(Nc2ncc[nH]2)CC1. The van der Waals surface area contributed by atoms with Crippen LogP contribution in [0.2, 0.25) is 0 Å². The Bertz CT molecular complexity index is 248. The first-order valence-electron chi connectivity index (χ1n) is 5.64. The zero-order valence-corrected chi connectivity index (χ0v) is 8.79. The molecule has 0 aromatic carbocycles. The van der Waals surface area contributed by atoms with Crippen molar-refractivity contribution in [3.05, 3.63) is 12.4 Å². The van der Waals surface area contributed by atoms with E-state index in [0.717, 1.165) is 11.9 Å². The van der Waals surface area contributed by atoms with Gasteiger partial charge in [-0.3, -0.25) is 0 Å². The number of nitrogens with zero attached hydrogens (tertiary/aromatic N) is 1. The van der Waals surface area contributed by atoms with Gasteiger partial charge in [-0.25, -0.2) is 4.98 Å². The van der Waals surface area contributed by atoms with Crippen LogP contribution in [0, 0.1) is 5.92 Å². The first kappa shape index (κ1) is 9.56. The van der Waals surface area contributed by atoms with Gasteiger partial charge in [0.15, 0.2) is 5.95 Å². The molecule has 0 unspecified atom stereocenters. The van der Waals surface area contributed by atoms with Crippen molar-refractivity contribution >= 4 is 5.95 Å². The van der Waals surface area contributed by atoms with E-state index < -0.39 is 0 Å². The number of nitrogens with one attached hydrogen (secondary N) is 2. The summed E-state index contributed by atoms with van der Waals surface area (Å²) in [5.41, 5.74) is 0. The Morgan fingerprint density at radius 2 is 2.21 bits per heavy atom. The molecule has 1 saturated carbocycles. The van der Waals surface area contributed by atoms with E-state index in [4.69, 9.17) is 0 Å². The van der Waals surface area contributed by atoms with Crippen molar-refractivity contribution in [3.63, 3.8) is 0 Å². The minimum atomic E-state index is 0.629. The predicted octanol–water partition coefficient (Wildman–Crippen LogP) is 2.79. The molecule has 3 heteroatoms. The highest BCUT2D eigenvalue weighted by molar-refractivity contribution is 5.24. The van der Waals surface area contributed by atoms with E-state index in [9.17, 15) is 0 Å². The molecule has 0 spiro atoms. The largest absolute Gasteiger partial charge is 0.353 e. The van der Waals surface area contributed by atoms with Crippen LogP contribution in [0.3, 0.4) is 0 Å². The van der Waals surface area contributed by atoms with Crippen LogP contribution >= 0.6 is 0 Å². The summed E-state index contributed by atoms with van der Waals surface area (Å²) in [4.78, 5) is 7.27. The summed E-state index contributed by atoms with van der Waals surface area (Å²) in [7, 11) is 0. The smallest absolute Gasteiger partial charge is 0.200 e. The highest BCUT2D eigenvalue weighted by Crippen LogP contribution is 2.27. The Labute approximate surface area is 85.3 Å². The first-order chi connectivity index (χ1) is 6.88. The maximum absolute atomic E-state index is 4.18. The van der Waals surface area contributed by atoms with Gasteiger partial charge in [-0.2, -0.15) is 0 Å². The monoisotopic (exact) mass is 193 g/mol. The number of anilines is 1. The minimum absolute atomic E-state index is 0.629. The van der Waals surface area contributed by atoms with Crippen LogP contribution in [0.15, 0.2) is 12.4 Å². The molecule has 0 bridgehead atoms. The number of aromatic amines is 1. The second-order valence-electron chi connectivity index (χ2n) is 4.21. The van der Waals surface area contributed by atoms with Crippen LogP contribution in [0.4, 0.5) is 5.95 Å². The van der Waals surface area contributed by atoms with Gasteiger partial charge in [0.2, 0.25) is 0 Å². The summed E-state index contributed by atoms with van der Waals surface area (Å²) >= 11 is 0. The van der Waals surface area contributed by atoms with Crippen molar-refractivity contribution < 1.29 is 0 Å². The van der Waals surface area contributed by atoms with E-state index >= 15 is 0 Å². The molecule has 1 aliphatic carbocycles. The molecular formula is C11H19N3. The Balaban J connectivity index is 1.79. The molecule has 0 atom stereocenters. The van der Waals surface area contributed by atoms with Crippen LogP contribution in [0.5, 0.6) is 0 Å². The molecule has 14 heavy (non-hydrogen) atoms. The zero-order chi connectivity index (χ0) is 9.80. The molecular weight excluding hydrogens is 174 g/mol. The molecule has 78 valence electrons. The Hall–Kier alpha value is -0.990. The fraction of sp³-hybridized carbons (Fsp3) is 0.727. The van der Waals surface area contributed by atoms with Gasteiger partial charge in [0, 0.05) is 18.4 Å². The van der Waals surface area contributed by atoms with Crippen LogP contribution in [0.25, 0.3) is 0 Å². The predicted molar refractivity (Wildman–Crippen MR) is 58.2 cm³/mol. The number of imidazole rings is 1. The molecule has 1 aliphatic rings. The Morgan fingerprint density at radius 3 is 2.79 bits per heavy atom. The second kappa shape index (κ2) is 4.49. The molecule has 0 amide bonds. The van der Waals surface area contributed by atoms with E-state index in [1.807, 2.05) is 6.20 Å². The average molecular weight is 193 g/mol. The van der Waals surface area contributed by atoms with Gasteiger partial charge in [-0.15, -0.1) is 0 Å². The summed E-state index contributed by atoms with van der Waals surface area (Å²) in [6.07, 6.45) is 10.3. The van der Waals surface area contributed by atoms with Crippen LogP contribution in [-0.2, 0) is 0 Å². The first-order valence-corrected chi connectivity index (χ1v) is 5.64. The molecule has 3 nitrogen and oxygen atoms in total. The summed E-state index contributed by atoms with van der Waals surface area (Å²) in [5, 5.41) is 3.44. The fourth-order valence-electron chi connectivity index (χ4n) is 2.25. The van der Waals surface area contributed by atoms with Crippen molar-refractivity contribution in [2.75, 3.05) is 5.32 Å². The molecule has 2 rings (SSSR count). The maximum Gasteiger partial charge on any atom is 0.200 e. The van der Waals surface area contributed by atoms with Gasteiger partial charge < -0.3 is 10.3 Å². The van der Waals surface area contributed by atoms with Crippen molar-refractivity contribution in [1.82, 2.24) is 9.97 Å². The summed E-state index contributed by atoms with van der Waals surface area (Å²) in [5.74, 6) is 1.88. The van der Waals surface area contributed by atoms with Crippen LogP contribution in [-0.4, -0.2) is 16.0 Å². The number of aromatic nitrogens is 2. The maximum atomic E-state index is 4.18. The van der Waals surface area contributed by atoms with Gasteiger partial charge in [0.25, 0.3) is 0 Å². The molecule has 1 aromatic heterocycles. The number of rotatable bonds is 3. The zero-order valence-electron chi connectivity index (χ0n) is 8.79. The normalized spacial score (nSPS) is 27.5. The van der Waals surface area contributed by atoms with E-state index in [-0.39, 0.29) is 0 Å². The lowest BCUT2D eigenvalue weighted by Crippen LogP contribution is -2.26. The van der Waals surface area contributed by atoms with E-state index in [0.29, 0.717) is 6.04 Å². The van der Waals surface area contributed by atoms with Crippen molar-refractivity contribution in [2.24, 2.45) is 5.92 Å². The van der Waals surface area contributed by atoms with Gasteiger partial charge in [-0.1, -0.05) is 13.3 Å². The third kappa shape index (κ3) is 2.28. The summed E-state index contributed by atoms with van der Waals surface area (Å²) in [6, 6.07) is 0.629.